The zero-order chi connectivity index (χ0) is 17.0. The summed E-state index contributed by atoms with van der Waals surface area (Å²) in [6.07, 6.45) is 0. The van der Waals surface area contributed by atoms with Gasteiger partial charge in [0.15, 0.2) is 5.96 Å². The number of hydrogen-bond acceptors (Lipinski definition) is 4. The van der Waals surface area contributed by atoms with E-state index in [0.717, 1.165) is 41.1 Å². The van der Waals surface area contributed by atoms with E-state index >= 15 is 0 Å². The molecule has 0 saturated heterocycles. The van der Waals surface area contributed by atoms with Crippen molar-refractivity contribution in [3.05, 3.63) is 32.5 Å². The van der Waals surface area contributed by atoms with Gasteiger partial charge in [-0.05, 0) is 34.6 Å². The third-order valence-corrected chi connectivity index (χ3v) is 4.89. The molecule has 7 heteroatoms. The van der Waals surface area contributed by atoms with E-state index in [1.165, 1.54) is 10.4 Å². The van der Waals surface area contributed by atoms with E-state index in [4.69, 9.17) is 4.99 Å². The highest BCUT2D eigenvalue weighted by Gasteiger charge is 2.10. The number of thiazole rings is 1. The molecule has 0 aliphatic heterocycles. The fourth-order valence-corrected chi connectivity index (χ4v) is 3.32. The van der Waals surface area contributed by atoms with E-state index in [2.05, 4.69) is 34.6 Å². The Morgan fingerprint density at radius 3 is 2.43 bits per heavy atom. The van der Waals surface area contributed by atoms with E-state index in [1.54, 1.807) is 11.3 Å². The van der Waals surface area contributed by atoms with Gasteiger partial charge in [0.2, 0.25) is 0 Å². The Hall–Kier alpha value is -1.89. The van der Waals surface area contributed by atoms with E-state index in [9.17, 15) is 0 Å². The number of aliphatic imine (C=N–C) groups is 1. The van der Waals surface area contributed by atoms with Crippen molar-refractivity contribution in [2.45, 2.75) is 47.7 Å². The van der Waals surface area contributed by atoms with Crippen molar-refractivity contribution < 1.29 is 0 Å². The van der Waals surface area contributed by atoms with Crippen LogP contribution in [0.25, 0.3) is 0 Å². The lowest BCUT2D eigenvalue weighted by Gasteiger charge is -2.11. The molecule has 0 aromatic carbocycles. The molecule has 0 radical (unpaired) electrons. The van der Waals surface area contributed by atoms with Crippen LogP contribution < -0.4 is 10.6 Å². The maximum absolute atomic E-state index is 4.70. The minimum atomic E-state index is 0.627. The van der Waals surface area contributed by atoms with Crippen molar-refractivity contribution >= 4 is 17.3 Å². The molecule has 0 unspecified atom stereocenters. The standard InChI is InChI=1S/C16H26N6S/c1-7-17-16(19-9-15-11(3)20-13(5)23-15)18-8-14-10(2)21-22(6)12(14)4/h7-9H2,1-6H3,(H2,17,18,19). The normalized spacial score (nSPS) is 11.8. The van der Waals surface area contributed by atoms with Crippen molar-refractivity contribution in [2.24, 2.45) is 12.0 Å². The van der Waals surface area contributed by atoms with Gasteiger partial charge < -0.3 is 10.6 Å². The van der Waals surface area contributed by atoms with Gasteiger partial charge in [-0.15, -0.1) is 11.3 Å². The number of nitrogens with one attached hydrogen (secondary N) is 2. The van der Waals surface area contributed by atoms with E-state index in [1.807, 2.05) is 32.5 Å². The van der Waals surface area contributed by atoms with Crippen molar-refractivity contribution in [1.82, 2.24) is 25.4 Å². The summed E-state index contributed by atoms with van der Waals surface area (Å²) in [5.41, 5.74) is 4.49. The highest BCUT2D eigenvalue weighted by Crippen LogP contribution is 2.16. The van der Waals surface area contributed by atoms with Gasteiger partial charge in [0.1, 0.15) is 0 Å². The van der Waals surface area contributed by atoms with Crippen molar-refractivity contribution in [3.63, 3.8) is 0 Å². The average Bonchev–Trinajstić information content (AvgIpc) is 2.93. The van der Waals surface area contributed by atoms with Crippen LogP contribution in [0.1, 0.15) is 39.5 Å². The third kappa shape index (κ3) is 4.31. The molecule has 6 nitrogen and oxygen atoms in total. The second kappa shape index (κ2) is 7.59. The Kier molecular flexibility index (Phi) is 5.76. The highest BCUT2D eigenvalue weighted by atomic mass is 32.1. The third-order valence-electron chi connectivity index (χ3n) is 3.81. The van der Waals surface area contributed by atoms with Crippen LogP contribution in [-0.2, 0) is 20.1 Å². The van der Waals surface area contributed by atoms with E-state index in [-0.39, 0.29) is 0 Å². The number of aryl methyl sites for hydroxylation is 4. The minimum Gasteiger partial charge on any atom is -0.357 e. The molecule has 23 heavy (non-hydrogen) atoms. The van der Waals surface area contributed by atoms with Gasteiger partial charge in [0.05, 0.1) is 29.5 Å². The first-order chi connectivity index (χ1) is 10.9. The Morgan fingerprint density at radius 1 is 1.17 bits per heavy atom. The zero-order valence-electron chi connectivity index (χ0n) is 14.8. The molecule has 2 N–H and O–H groups in total. The molecule has 126 valence electrons. The second-order valence-electron chi connectivity index (χ2n) is 5.56. The van der Waals surface area contributed by atoms with Gasteiger partial charge in [-0.25, -0.2) is 9.98 Å². The fourth-order valence-electron chi connectivity index (χ4n) is 2.45. The number of rotatable bonds is 5. The monoisotopic (exact) mass is 334 g/mol. The van der Waals surface area contributed by atoms with Gasteiger partial charge in [-0.1, -0.05) is 0 Å². The van der Waals surface area contributed by atoms with E-state index < -0.39 is 0 Å². The van der Waals surface area contributed by atoms with E-state index in [0.29, 0.717) is 6.54 Å². The molecule has 2 heterocycles. The summed E-state index contributed by atoms with van der Waals surface area (Å²) >= 11 is 1.73. The average molecular weight is 334 g/mol. The molecule has 0 bridgehead atoms. The van der Waals surface area contributed by atoms with Crippen LogP contribution in [0.5, 0.6) is 0 Å². The van der Waals surface area contributed by atoms with Crippen molar-refractivity contribution in [1.29, 1.82) is 0 Å². The summed E-state index contributed by atoms with van der Waals surface area (Å²) < 4.78 is 1.91. The highest BCUT2D eigenvalue weighted by molar-refractivity contribution is 7.11. The number of hydrogen-bond donors (Lipinski definition) is 2. The summed E-state index contributed by atoms with van der Waals surface area (Å²) in [5, 5.41) is 12.2. The molecule has 0 fully saturated rings. The maximum Gasteiger partial charge on any atom is 0.191 e. The predicted octanol–water partition coefficient (Wildman–Crippen LogP) is 2.37. The topological polar surface area (TPSA) is 67.1 Å². The molecule has 0 spiro atoms. The minimum absolute atomic E-state index is 0.627. The van der Waals surface area contributed by atoms with Crippen LogP contribution in [0.4, 0.5) is 0 Å². The summed E-state index contributed by atoms with van der Waals surface area (Å²) in [6.45, 7) is 12.5. The summed E-state index contributed by atoms with van der Waals surface area (Å²) in [5.74, 6) is 0.820. The van der Waals surface area contributed by atoms with Crippen LogP contribution in [-0.4, -0.2) is 27.3 Å². The molecule has 2 rings (SSSR count). The lowest BCUT2D eigenvalue weighted by Crippen LogP contribution is -2.36. The van der Waals surface area contributed by atoms with Crippen LogP contribution in [0.3, 0.4) is 0 Å². The predicted molar refractivity (Wildman–Crippen MR) is 95.9 cm³/mol. The second-order valence-corrected chi connectivity index (χ2v) is 6.85. The lowest BCUT2D eigenvalue weighted by atomic mass is 10.2. The van der Waals surface area contributed by atoms with Gasteiger partial charge in [-0.2, -0.15) is 5.10 Å². The Labute approximate surface area is 142 Å². The summed E-state index contributed by atoms with van der Waals surface area (Å²) in [7, 11) is 1.97. The van der Waals surface area contributed by atoms with Gasteiger partial charge in [0, 0.05) is 29.7 Å². The first-order valence-electron chi connectivity index (χ1n) is 7.86. The quantitative estimate of drug-likeness (QED) is 0.651. The SMILES string of the molecule is CCNC(=NCc1c(C)nn(C)c1C)NCc1sc(C)nc1C. The fraction of sp³-hybridized carbons (Fsp3) is 0.562. The molecule has 2 aromatic rings. The molecular weight excluding hydrogens is 308 g/mol. The van der Waals surface area contributed by atoms with Gasteiger partial charge in [0.25, 0.3) is 0 Å². The molecule has 0 atom stereocenters. The van der Waals surface area contributed by atoms with Gasteiger partial charge in [-0.3, -0.25) is 4.68 Å². The molecule has 0 saturated carbocycles. The van der Waals surface area contributed by atoms with Crippen LogP contribution >= 0.6 is 11.3 Å². The summed E-state index contributed by atoms with van der Waals surface area (Å²) in [6, 6.07) is 0. The van der Waals surface area contributed by atoms with Gasteiger partial charge >= 0.3 is 0 Å². The van der Waals surface area contributed by atoms with Crippen LogP contribution in [0, 0.1) is 27.7 Å². The van der Waals surface area contributed by atoms with Crippen molar-refractivity contribution in [3.8, 4) is 0 Å². The van der Waals surface area contributed by atoms with Crippen LogP contribution in [0.15, 0.2) is 4.99 Å². The molecule has 0 aliphatic rings. The maximum atomic E-state index is 4.70. The Morgan fingerprint density at radius 2 is 1.91 bits per heavy atom. The smallest absolute Gasteiger partial charge is 0.191 e. The first kappa shape index (κ1) is 17.5. The Bertz CT molecular complexity index is 698. The lowest BCUT2D eigenvalue weighted by molar-refractivity contribution is 0.730. The first-order valence-corrected chi connectivity index (χ1v) is 8.68. The molecule has 0 aliphatic carbocycles. The number of aromatic nitrogens is 3. The zero-order valence-corrected chi connectivity index (χ0v) is 15.6. The number of nitrogens with zero attached hydrogens (tertiary/aromatic N) is 4. The molecule has 0 amide bonds. The molecular formula is C16H26N6S. The van der Waals surface area contributed by atoms with Crippen molar-refractivity contribution in [2.75, 3.05) is 6.54 Å². The Balaban J connectivity index is 2.06. The number of guanidine groups is 1. The molecule has 2 aromatic heterocycles. The summed E-state index contributed by atoms with van der Waals surface area (Å²) in [4.78, 5) is 10.4. The van der Waals surface area contributed by atoms with Crippen LogP contribution in [0.2, 0.25) is 0 Å². The largest absolute Gasteiger partial charge is 0.357 e.